The van der Waals surface area contributed by atoms with Crippen molar-refractivity contribution in [1.29, 1.82) is 0 Å². The smallest absolute Gasteiger partial charge is 0.123 e. The van der Waals surface area contributed by atoms with Crippen LogP contribution < -0.4 is 5.32 Å². The molecule has 4 rings (SSSR count). The fourth-order valence-corrected chi connectivity index (χ4v) is 3.73. The number of hydrogen-bond donors (Lipinski definition) is 1. The van der Waals surface area contributed by atoms with Gasteiger partial charge in [-0.1, -0.05) is 19.1 Å². The van der Waals surface area contributed by atoms with Gasteiger partial charge in [0.1, 0.15) is 11.6 Å². The van der Waals surface area contributed by atoms with Crippen LogP contribution in [0.5, 0.6) is 0 Å². The predicted octanol–water partition coefficient (Wildman–Crippen LogP) is 3.00. The monoisotopic (exact) mass is 323 g/mol. The SMILES string of the molecule is CCCn1c(CNCC2CCc3nccn3C2)nc2ccccc21. The molecule has 0 bridgehead atoms. The third kappa shape index (κ3) is 2.96. The molecular formula is C19H25N5. The Morgan fingerprint density at radius 3 is 3.12 bits per heavy atom. The number of aromatic nitrogens is 4. The van der Waals surface area contributed by atoms with Crippen LogP contribution in [-0.4, -0.2) is 25.6 Å². The Morgan fingerprint density at radius 1 is 1.29 bits per heavy atom. The first kappa shape index (κ1) is 15.4. The number of aryl methyl sites for hydroxylation is 2. The lowest BCUT2D eigenvalue weighted by Crippen LogP contribution is -2.30. The van der Waals surface area contributed by atoms with Crippen molar-refractivity contribution in [1.82, 2.24) is 24.4 Å². The van der Waals surface area contributed by atoms with Crippen LogP contribution in [0.15, 0.2) is 36.7 Å². The highest BCUT2D eigenvalue weighted by Crippen LogP contribution is 2.19. The zero-order chi connectivity index (χ0) is 16.4. The summed E-state index contributed by atoms with van der Waals surface area (Å²) in [6.07, 6.45) is 7.45. The molecule has 1 unspecified atom stereocenters. The second-order valence-electron chi connectivity index (χ2n) is 6.70. The van der Waals surface area contributed by atoms with Crippen LogP contribution in [0.2, 0.25) is 0 Å². The summed E-state index contributed by atoms with van der Waals surface area (Å²) in [5.74, 6) is 3.06. The molecule has 0 saturated heterocycles. The van der Waals surface area contributed by atoms with Crippen molar-refractivity contribution in [2.24, 2.45) is 5.92 Å². The van der Waals surface area contributed by atoms with E-state index in [9.17, 15) is 0 Å². The first-order valence-corrected chi connectivity index (χ1v) is 9.00. The van der Waals surface area contributed by atoms with Crippen LogP contribution in [0.3, 0.4) is 0 Å². The lowest BCUT2D eigenvalue weighted by Gasteiger charge is -2.24. The predicted molar refractivity (Wildman–Crippen MR) is 95.8 cm³/mol. The van der Waals surface area contributed by atoms with Gasteiger partial charge in [0.25, 0.3) is 0 Å². The number of nitrogens with zero attached hydrogens (tertiary/aromatic N) is 4. The number of para-hydroxylation sites is 2. The summed E-state index contributed by atoms with van der Waals surface area (Å²) < 4.78 is 4.65. The molecule has 2 aromatic heterocycles. The van der Waals surface area contributed by atoms with E-state index in [0.29, 0.717) is 5.92 Å². The van der Waals surface area contributed by atoms with Gasteiger partial charge in [0, 0.05) is 38.4 Å². The molecule has 1 aliphatic heterocycles. The number of rotatable bonds is 6. The average molecular weight is 323 g/mol. The number of hydrogen-bond acceptors (Lipinski definition) is 3. The second-order valence-corrected chi connectivity index (χ2v) is 6.70. The summed E-state index contributed by atoms with van der Waals surface area (Å²) in [5.41, 5.74) is 2.35. The van der Waals surface area contributed by atoms with Crippen LogP contribution in [0.1, 0.15) is 31.4 Å². The Balaban J connectivity index is 1.41. The highest BCUT2D eigenvalue weighted by atomic mass is 15.1. The van der Waals surface area contributed by atoms with E-state index in [-0.39, 0.29) is 0 Å². The summed E-state index contributed by atoms with van der Waals surface area (Å²) in [7, 11) is 0. The van der Waals surface area contributed by atoms with Gasteiger partial charge < -0.3 is 14.5 Å². The molecule has 1 aromatic carbocycles. The van der Waals surface area contributed by atoms with Crippen molar-refractivity contribution in [2.45, 2.75) is 45.8 Å². The average Bonchev–Trinajstić information content (AvgIpc) is 3.20. The fraction of sp³-hybridized carbons (Fsp3) is 0.474. The van der Waals surface area contributed by atoms with Gasteiger partial charge in [-0.2, -0.15) is 0 Å². The lowest BCUT2D eigenvalue weighted by atomic mass is 9.99. The van der Waals surface area contributed by atoms with Crippen LogP contribution in [0.4, 0.5) is 0 Å². The summed E-state index contributed by atoms with van der Waals surface area (Å²) in [6, 6.07) is 8.43. The molecule has 1 aliphatic rings. The summed E-state index contributed by atoms with van der Waals surface area (Å²) in [4.78, 5) is 9.23. The molecule has 0 saturated carbocycles. The molecule has 0 aliphatic carbocycles. The highest BCUT2D eigenvalue weighted by molar-refractivity contribution is 5.75. The van der Waals surface area contributed by atoms with Gasteiger partial charge >= 0.3 is 0 Å². The normalized spacial score (nSPS) is 17.3. The molecule has 3 aromatic rings. The second kappa shape index (κ2) is 6.77. The molecule has 0 spiro atoms. The molecule has 1 N–H and O–H groups in total. The molecule has 0 amide bonds. The van der Waals surface area contributed by atoms with Crippen molar-refractivity contribution in [3.05, 3.63) is 48.3 Å². The first-order valence-electron chi connectivity index (χ1n) is 9.00. The maximum absolute atomic E-state index is 4.83. The first-order chi connectivity index (χ1) is 11.8. The van der Waals surface area contributed by atoms with Gasteiger partial charge in [-0.25, -0.2) is 9.97 Å². The molecular weight excluding hydrogens is 298 g/mol. The number of imidazole rings is 2. The van der Waals surface area contributed by atoms with Crippen molar-refractivity contribution in [3.63, 3.8) is 0 Å². The maximum Gasteiger partial charge on any atom is 0.123 e. The van der Waals surface area contributed by atoms with Crippen molar-refractivity contribution in [2.75, 3.05) is 6.54 Å². The van der Waals surface area contributed by atoms with Gasteiger partial charge in [-0.15, -0.1) is 0 Å². The maximum atomic E-state index is 4.83. The Kier molecular flexibility index (Phi) is 4.34. The van der Waals surface area contributed by atoms with E-state index < -0.39 is 0 Å². The third-order valence-electron chi connectivity index (χ3n) is 4.93. The van der Waals surface area contributed by atoms with Crippen LogP contribution in [0.25, 0.3) is 11.0 Å². The summed E-state index contributed by atoms with van der Waals surface area (Å²) in [5, 5.41) is 3.64. The zero-order valence-electron chi connectivity index (χ0n) is 14.3. The van der Waals surface area contributed by atoms with E-state index in [1.165, 1.54) is 17.8 Å². The van der Waals surface area contributed by atoms with E-state index >= 15 is 0 Å². The van der Waals surface area contributed by atoms with Crippen LogP contribution >= 0.6 is 0 Å². The largest absolute Gasteiger partial charge is 0.335 e. The van der Waals surface area contributed by atoms with E-state index in [2.05, 4.69) is 56.8 Å². The van der Waals surface area contributed by atoms with Gasteiger partial charge in [0.05, 0.1) is 17.6 Å². The Labute approximate surface area is 142 Å². The van der Waals surface area contributed by atoms with Crippen molar-refractivity contribution >= 4 is 11.0 Å². The van der Waals surface area contributed by atoms with E-state index in [0.717, 1.165) is 50.4 Å². The minimum absolute atomic E-state index is 0.677. The zero-order valence-corrected chi connectivity index (χ0v) is 14.3. The summed E-state index contributed by atoms with van der Waals surface area (Å²) >= 11 is 0. The fourth-order valence-electron chi connectivity index (χ4n) is 3.73. The van der Waals surface area contributed by atoms with Crippen molar-refractivity contribution in [3.8, 4) is 0 Å². The van der Waals surface area contributed by atoms with Crippen LogP contribution in [0, 0.1) is 5.92 Å². The molecule has 0 radical (unpaired) electrons. The van der Waals surface area contributed by atoms with E-state index in [1.807, 2.05) is 6.20 Å². The van der Waals surface area contributed by atoms with E-state index in [1.54, 1.807) is 0 Å². The van der Waals surface area contributed by atoms with Gasteiger partial charge in [-0.05, 0) is 30.9 Å². The van der Waals surface area contributed by atoms with Gasteiger partial charge in [-0.3, -0.25) is 0 Å². The minimum atomic E-state index is 0.677. The Hall–Kier alpha value is -2.14. The molecule has 1 atom stereocenters. The molecule has 5 heteroatoms. The number of nitrogens with one attached hydrogen (secondary N) is 1. The number of benzene rings is 1. The number of fused-ring (bicyclic) bond motifs is 2. The third-order valence-corrected chi connectivity index (χ3v) is 4.93. The molecule has 5 nitrogen and oxygen atoms in total. The Bertz CT molecular complexity index is 816. The standard InChI is InChI=1S/C19H25N5/c1-2-10-24-17-6-4-3-5-16(17)22-19(24)13-20-12-15-7-8-18-21-9-11-23(18)14-15/h3-6,9,11,15,20H,2,7-8,10,12-14H2,1H3. The van der Waals surface area contributed by atoms with Gasteiger partial charge in [0.2, 0.25) is 0 Å². The topological polar surface area (TPSA) is 47.7 Å². The van der Waals surface area contributed by atoms with Gasteiger partial charge in [0.15, 0.2) is 0 Å². The highest BCUT2D eigenvalue weighted by Gasteiger charge is 2.18. The Morgan fingerprint density at radius 2 is 2.21 bits per heavy atom. The molecule has 24 heavy (non-hydrogen) atoms. The molecule has 126 valence electrons. The van der Waals surface area contributed by atoms with E-state index in [4.69, 9.17) is 4.98 Å². The van der Waals surface area contributed by atoms with Crippen molar-refractivity contribution < 1.29 is 0 Å². The summed E-state index contributed by atoms with van der Waals surface area (Å²) in [6.45, 7) is 6.19. The molecule has 3 heterocycles. The van der Waals surface area contributed by atoms with Crippen LogP contribution in [-0.2, 0) is 26.1 Å². The lowest BCUT2D eigenvalue weighted by molar-refractivity contribution is 0.345. The quantitative estimate of drug-likeness (QED) is 0.758. The molecule has 0 fully saturated rings. The minimum Gasteiger partial charge on any atom is -0.335 e.